The molecule has 2 rings (SSSR count). The molecule has 0 fully saturated rings. The van der Waals surface area contributed by atoms with Crippen molar-refractivity contribution in [3.63, 3.8) is 0 Å². The molecule has 0 unspecified atom stereocenters. The Morgan fingerprint density at radius 3 is 2.33 bits per heavy atom. The minimum absolute atomic E-state index is 0.00311. The highest BCUT2D eigenvalue weighted by atomic mass is 28.4. The van der Waals surface area contributed by atoms with Crippen LogP contribution in [0.1, 0.15) is 12.0 Å². The highest BCUT2D eigenvalue weighted by Crippen LogP contribution is 2.29. The molecule has 0 aliphatic heterocycles. The predicted molar refractivity (Wildman–Crippen MR) is 93.8 cm³/mol. The van der Waals surface area contributed by atoms with E-state index in [1.54, 1.807) is 14.2 Å². The number of hydrogen-bond acceptors (Lipinski definition) is 5. The van der Waals surface area contributed by atoms with E-state index in [4.69, 9.17) is 14.0 Å². The zero-order chi connectivity index (χ0) is 17.6. The fraction of sp³-hybridized carbons (Fsp3) is 0.412. The first-order valence-corrected chi connectivity index (χ1v) is 9.97. The van der Waals surface area contributed by atoms with Crippen LogP contribution >= 0.6 is 0 Å². The first-order chi connectivity index (χ1) is 11.6. The molecule has 0 amide bonds. The lowest BCUT2D eigenvalue weighted by Crippen LogP contribution is -2.52. The Kier molecular flexibility index (Phi) is 6.44. The van der Waals surface area contributed by atoms with Crippen LogP contribution in [-0.2, 0) is 21.8 Å². The number of hydrogen-bond donors (Lipinski definition) is 3. The van der Waals surface area contributed by atoms with Crippen molar-refractivity contribution >= 4 is 13.7 Å². The molecule has 1 aromatic heterocycles. The Bertz CT molecular complexity index is 640. The lowest BCUT2D eigenvalue weighted by atomic mass is 10.2. The number of nitrogens with zero attached hydrogens (tertiary/aromatic N) is 1. The monoisotopic (exact) mass is 351 g/mol. The minimum atomic E-state index is -2.50. The van der Waals surface area contributed by atoms with Gasteiger partial charge in [0, 0.05) is 25.8 Å². The SMILES string of the molecule is CO[Si](CCCc1cc(O)n(CCO)c1O)(OC)c1ccccc1. The van der Waals surface area contributed by atoms with Gasteiger partial charge in [0.2, 0.25) is 0 Å². The van der Waals surface area contributed by atoms with Gasteiger partial charge in [-0.1, -0.05) is 30.3 Å². The molecule has 0 spiro atoms. The van der Waals surface area contributed by atoms with Gasteiger partial charge in [0.15, 0.2) is 11.8 Å². The van der Waals surface area contributed by atoms with Crippen LogP contribution in [-0.4, -0.2) is 49.3 Å². The highest BCUT2D eigenvalue weighted by Gasteiger charge is 2.37. The third-order valence-electron chi connectivity index (χ3n) is 4.27. The summed E-state index contributed by atoms with van der Waals surface area (Å²) in [7, 11) is 0.837. The maximum Gasteiger partial charge on any atom is 0.372 e. The summed E-state index contributed by atoms with van der Waals surface area (Å²) >= 11 is 0. The van der Waals surface area contributed by atoms with E-state index < -0.39 is 8.56 Å². The van der Waals surface area contributed by atoms with Crippen LogP contribution in [0.3, 0.4) is 0 Å². The number of benzene rings is 1. The largest absolute Gasteiger partial charge is 0.494 e. The molecule has 0 aliphatic carbocycles. The van der Waals surface area contributed by atoms with Crippen LogP contribution in [0.25, 0.3) is 0 Å². The van der Waals surface area contributed by atoms with Gasteiger partial charge >= 0.3 is 8.56 Å². The Labute approximate surface area is 143 Å². The highest BCUT2D eigenvalue weighted by molar-refractivity contribution is 6.81. The molecule has 0 radical (unpaired) electrons. The number of aliphatic hydroxyl groups excluding tert-OH is 1. The quantitative estimate of drug-likeness (QED) is 0.596. The summed E-state index contributed by atoms with van der Waals surface area (Å²) in [5, 5.41) is 30.0. The lowest BCUT2D eigenvalue weighted by Gasteiger charge is -2.27. The van der Waals surface area contributed by atoms with Crippen molar-refractivity contribution in [1.29, 1.82) is 0 Å². The molecule has 0 saturated carbocycles. The molecule has 7 heteroatoms. The van der Waals surface area contributed by atoms with Gasteiger partial charge in [0.05, 0.1) is 13.2 Å². The van der Waals surface area contributed by atoms with Gasteiger partial charge in [0.25, 0.3) is 0 Å². The van der Waals surface area contributed by atoms with Crippen molar-refractivity contribution in [2.45, 2.75) is 25.4 Å². The second kappa shape index (κ2) is 8.34. The lowest BCUT2D eigenvalue weighted by molar-refractivity contribution is 0.255. The van der Waals surface area contributed by atoms with E-state index >= 15 is 0 Å². The van der Waals surface area contributed by atoms with Crippen molar-refractivity contribution in [3.05, 3.63) is 42.0 Å². The van der Waals surface area contributed by atoms with Gasteiger partial charge in [0.1, 0.15) is 0 Å². The van der Waals surface area contributed by atoms with E-state index in [1.165, 1.54) is 10.6 Å². The molecule has 1 aromatic carbocycles. The van der Waals surface area contributed by atoms with Crippen LogP contribution in [0.15, 0.2) is 36.4 Å². The molecule has 6 nitrogen and oxygen atoms in total. The van der Waals surface area contributed by atoms with E-state index in [0.717, 1.165) is 17.7 Å². The van der Waals surface area contributed by atoms with Crippen molar-refractivity contribution in [3.8, 4) is 11.8 Å². The molecular formula is C17H25NO5Si. The third-order valence-corrected chi connectivity index (χ3v) is 7.82. The molecule has 2 aromatic rings. The molecule has 0 bridgehead atoms. The maximum atomic E-state index is 10.1. The normalized spacial score (nSPS) is 11.8. The molecular weight excluding hydrogens is 326 g/mol. The molecule has 0 saturated heterocycles. The second-order valence-electron chi connectivity index (χ2n) is 5.61. The fourth-order valence-electron chi connectivity index (χ4n) is 2.96. The van der Waals surface area contributed by atoms with Crippen molar-refractivity contribution in [2.75, 3.05) is 20.8 Å². The van der Waals surface area contributed by atoms with Crippen LogP contribution in [0.4, 0.5) is 0 Å². The number of aromatic hydroxyl groups is 2. The molecule has 3 N–H and O–H groups in total. The summed E-state index contributed by atoms with van der Waals surface area (Å²) in [5.74, 6) is -0.0371. The zero-order valence-electron chi connectivity index (χ0n) is 14.1. The summed E-state index contributed by atoms with van der Waals surface area (Å²) in [4.78, 5) is 0. The molecule has 132 valence electrons. The zero-order valence-corrected chi connectivity index (χ0v) is 15.1. The number of aryl methyl sites for hydroxylation is 1. The van der Waals surface area contributed by atoms with Crippen molar-refractivity contribution < 1.29 is 24.2 Å². The Hall–Kier alpha value is -1.80. The van der Waals surface area contributed by atoms with E-state index in [2.05, 4.69) is 0 Å². The van der Waals surface area contributed by atoms with Crippen LogP contribution in [0.2, 0.25) is 6.04 Å². The topological polar surface area (TPSA) is 84.1 Å². The fourth-order valence-corrected chi connectivity index (χ4v) is 5.63. The summed E-state index contributed by atoms with van der Waals surface area (Å²) in [6, 6.07) is 12.2. The Morgan fingerprint density at radius 1 is 1.08 bits per heavy atom. The average molecular weight is 351 g/mol. The smallest absolute Gasteiger partial charge is 0.372 e. The number of aromatic nitrogens is 1. The van der Waals surface area contributed by atoms with Gasteiger partial charge in [-0.25, -0.2) is 0 Å². The second-order valence-corrected chi connectivity index (χ2v) is 9.01. The van der Waals surface area contributed by atoms with E-state index in [0.29, 0.717) is 12.0 Å². The first kappa shape index (κ1) is 18.5. The predicted octanol–water partition coefficient (Wildman–Crippen LogP) is 1.47. The minimum Gasteiger partial charge on any atom is -0.494 e. The Morgan fingerprint density at radius 2 is 1.75 bits per heavy atom. The number of rotatable bonds is 9. The summed E-state index contributed by atoms with van der Waals surface area (Å²) < 4.78 is 12.8. The van der Waals surface area contributed by atoms with Crippen molar-refractivity contribution in [2.24, 2.45) is 0 Å². The molecule has 24 heavy (non-hydrogen) atoms. The van der Waals surface area contributed by atoms with E-state index in [1.807, 2.05) is 30.3 Å². The summed E-state index contributed by atoms with van der Waals surface area (Å²) in [6.45, 7) is 0.0170. The molecule has 1 heterocycles. The van der Waals surface area contributed by atoms with Gasteiger partial charge < -0.3 is 24.2 Å². The standard InChI is InChI=1S/C17H25NO5Si/c1-22-24(23-2,15-8-4-3-5-9-15)12-6-7-14-13-16(20)18(10-11-19)17(14)21/h3-5,8-9,13,19-21H,6-7,10-12H2,1-2H3. The van der Waals surface area contributed by atoms with Crippen LogP contribution in [0.5, 0.6) is 11.8 Å². The van der Waals surface area contributed by atoms with Gasteiger partial charge in [-0.05, 0) is 24.1 Å². The van der Waals surface area contributed by atoms with Gasteiger partial charge in [-0.15, -0.1) is 0 Å². The van der Waals surface area contributed by atoms with Crippen LogP contribution < -0.4 is 5.19 Å². The van der Waals surface area contributed by atoms with E-state index in [-0.39, 0.29) is 24.9 Å². The van der Waals surface area contributed by atoms with Gasteiger partial charge in [-0.2, -0.15) is 0 Å². The third kappa shape index (κ3) is 3.81. The van der Waals surface area contributed by atoms with E-state index in [9.17, 15) is 10.2 Å². The maximum absolute atomic E-state index is 10.1. The number of aliphatic hydroxyl groups is 1. The van der Waals surface area contributed by atoms with Crippen molar-refractivity contribution in [1.82, 2.24) is 4.57 Å². The Balaban J connectivity index is 2.08. The molecule has 0 atom stereocenters. The molecule has 0 aliphatic rings. The first-order valence-electron chi connectivity index (χ1n) is 7.95. The van der Waals surface area contributed by atoms with Crippen LogP contribution in [0, 0.1) is 0 Å². The average Bonchev–Trinajstić information content (AvgIpc) is 2.88. The summed E-state index contributed by atoms with van der Waals surface area (Å²) in [5.41, 5.74) is 0.657. The summed E-state index contributed by atoms with van der Waals surface area (Å²) in [6.07, 6.45) is 1.34. The van der Waals surface area contributed by atoms with Gasteiger partial charge in [-0.3, -0.25) is 4.57 Å².